The lowest BCUT2D eigenvalue weighted by atomic mass is 10.2. The summed E-state index contributed by atoms with van der Waals surface area (Å²) in [5.74, 6) is 0.181. The molecule has 4 heteroatoms. The molecule has 0 aliphatic carbocycles. The number of hydrogen-bond acceptors (Lipinski definition) is 3. The molecule has 1 saturated heterocycles. The smallest absolute Gasteiger partial charge is 0.239 e. The Labute approximate surface area is 114 Å². The van der Waals surface area contributed by atoms with Crippen molar-refractivity contribution in [3.05, 3.63) is 35.9 Å². The van der Waals surface area contributed by atoms with E-state index in [-0.39, 0.29) is 11.9 Å². The lowest BCUT2D eigenvalue weighted by Gasteiger charge is -2.21. The van der Waals surface area contributed by atoms with Gasteiger partial charge >= 0.3 is 0 Å². The molecule has 4 nitrogen and oxygen atoms in total. The largest absolute Gasteiger partial charge is 0.375 e. The average Bonchev–Trinajstić information content (AvgIpc) is 2.98. The van der Waals surface area contributed by atoms with Gasteiger partial charge in [-0.15, -0.1) is 0 Å². The zero-order chi connectivity index (χ0) is 13.5. The van der Waals surface area contributed by atoms with E-state index in [0.717, 1.165) is 24.9 Å². The molecule has 0 radical (unpaired) electrons. The van der Waals surface area contributed by atoms with Crippen molar-refractivity contribution in [2.75, 3.05) is 26.7 Å². The lowest BCUT2D eigenvalue weighted by Crippen LogP contribution is -2.42. The zero-order valence-corrected chi connectivity index (χ0v) is 11.5. The summed E-state index contributed by atoms with van der Waals surface area (Å²) in [6.07, 6.45) is 2.04. The normalized spacial score (nSPS) is 18.5. The Kier molecular flexibility index (Phi) is 5.36. The number of ether oxygens (including phenoxy) is 1. The van der Waals surface area contributed by atoms with Gasteiger partial charge in [-0.1, -0.05) is 30.3 Å². The molecule has 1 aliphatic heterocycles. The number of nitrogens with one attached hydrogen (secondary N) is 1. The quantitative estimate of drug-likeness (QED) is 0.788. The first kappa shape index (κ1) is 14.0. The highest BCUT2D eigenvalue weighted by atomic mass is 16.5. The van der Waals surface area contributed by atoms with Crippen LogP contribution >= 0.6 is 0 Å². The summed E-state index contributed by atoms with van der Waals surface area (Å²) >= 11 is 0. The van der Waals surface area contributed by atoms with Gasteiger partial charge in [0.25, 0.3) is 0 Å². The highest BCUT2D eigenvalue weighted by molar-refractivity contribution is 5.81. The van der Waals surface area contributed by atoms with E-state index in [9.17, 15) is 4.79 Å². The first-order valence-electron chi connectivity index (χ1n) is 6.87. The topological polar surface area (TPSA) is 41.6 Å². The van der Waals surface area contributed by atoms with Gasteiger partial charge in [0.1, 0.15) is 0 Å². The fourth-order valence-electron chi connectivity index (χ4n) is 2.24. The summed E-state index contributed by atoms with van der Waals surface area (Å²) in [4.78, 5) is 13.8. The predicted molar refractivity (Wildman–Crippen MR) is 74.8 cm³/mol. The Balaban J connectivity index is 1.63. The molecule has 0 aromatic heterocycles. The Morgan fingerprint density at radius 2 is 2.21 bits per heavy atom. The van der Waals surface area contributed by atoms with Gasteiger partial charge in [0.15, 0.2) is 0 Å². The molecule has 1 amide bonds. The Morgan fingerprint density at radius 1 is 1.42 bits per heavy atom. The number of likely N-dealkylation sites (N-methyl/N-ethyl adjacent to an activating group) is 1. The molecule has 1 unspecified atom stereocenters. The molecule has 1 N–H and O–H groups in total. The van der Waals surface area contributed by atoms with E-state index >= 15 is 0 Å². The average molecular weight is 262 g/mol. The summed E-state index contributed by atoms with van der Waals surface area (Å²) < 4.78 is 5.59. The molecule has 1 aromatic carbocycles. The van der Waals surface area contributed by atoms with Gasteiger partial charge in [-0.25, -0.2) is 0 Å². The third-order valence-corrected chi connectivity index (χ3v) is 3.42. The van der Waals surface area contributed by atoms with E-state index in [1.54, 1.807) is 4.90 Å². The molecule has 104 valence electrons. The molecule has 0 spiro atoms. The van der Waals surface area contributed by atoms with Crippen molar-refractivity contribution >= 4 is 5.91 Å². The van der Waals surface area contributed by atoms with Crippen LogP contribution in [-0.4, -0.2) is 43.6 Å². The second-order valence-corrected chi connectivity index (χ2v) is 4.95. The van der Waals surface area contributed by atoms with Crippen molar-refractivity contribution in [3.63, 3.8) is 0 Å². The van der Waals surface area contributed by atoms with Gasteiger partial charge in [-0.3, -0.25) is 4.79 Å². The summed E-state index contributed by atoms with van der Waals surface area (Å²) in [7, 11) is 1.84. The van der Waals surface area contributed by atoms with Crippen molar-refractivity contribution in [2.45, 2.75) is 25.5 Å². The Hall–Kier alpha value is -1.39. The monoisotopic (exact) mass is 262 g/mol. The van der Waals surface area contributed by atoms with Crippen molar-refractivity contribution in [3.8, 4) is 0 Å². The second kappa shape index (κ2) is 7.26. The van der Waals surface area contributed by atoms with Gasteiger partial charge < -0.3 is 15.0 Å². The number of carbonyl (C=O) groups excluding carboxylic acids is 1. The SMILES string of the molecule is CN(CCOCc1ccccc1)C(=O)C1CCCN1. The number of nitrogens with zero attached hydrogens (tertiary/aromatic N) is 1. The van der Waals surface area contributed by atoms with Crippen molar-refractivity contribution in [1.29, 1.82) is 0 Å². The second-order valence-electron chi connectivity index (χ2n) is 4.95. The van der Waals surface area contributed by atoms with Crippen LogP contribution in [0.3, 0.4) is 0 Å². The standard InChI is InChI=1S/C15H22N2O2/c1-17(15(18)14-8-5-9-16-14)10-11-19-12-13-6-3-2-4-7-13/h2-4,6-7,14,16H,5,8-12H2,1H3. The molecule has 19 heavy (non-hydrogen) atoms. The summed E-state index contributed by atoms with van der Waals surface area (Å²) in [6, 6.07) is 10.1. The number of hydrogen-bond donors (Lipinski definition) is 1. The molecule has 2 rings (SSSR count). The number of amides is 1. The molecule has 0 bridgehead atoms. The fourth-order valence-corrected chi connectivity index (χ4v) is 2.24. The number of benzene rings is 1. The van der Waals surface area contributed by atoms with Crippen molar-refractivity contribution < 1.29 is 9.53 Å². The maximum absolute atomic E-state index is 12.0. The van der Waals surface area contributed by atoms with Crippen molar-refractivity contribution in [2.24, 2.45) is 0 Å². The van der Waals surface area contributed by atoms with Crippen LogP contribution in [0.2, 0.25) is 0 Å². The molecule has 1 fully saturated rings. The maximum atomic E-state index is 12.0. The van der Waals surface area contributed by atoms with E-state index in [1.165, 1.54) is 0 Å². The Bertz CT molecular complexity index is 388. The van der Waals surface area contributed by atoms with Crippen LogP contribution in [0.4, 0.5) is 0 Å². The molecule has 1 aliphatic rings. The molecular formula is C15H22N2O2. The van der Waals surface area contributed by atoms with Gasteiger partial charge in [-0.2, -0.15) is 0 Å². The van der Waals surface area contributed by atoms with E-state index in [2.05, 4.69) is 5.32 Å². The summed E-state index contributed by atoms with van der Waals surface area (Å²) in [5.41, 5.74) is 1.16. The van der Waals surface area contributed by atoms with E-state index in [4.69, 9.17) is 4.74 Å². The minimum Gasteiger partial charge on any atom is -0.375 e. The summed E-state index contributed by atoms with van der Waals surface area (Å²) in [6.45, 7) is 2.77. The first-order chi connectivity index (χ1) is 9.27. The fraction of sp³-hybridized carbons (Fsp3) is 0.533. The number of carbonyl (C=O) groups is 1. The summed E-state index contributed by atoms with van der Waals surface area (Å²) in [5, 5.41) is 3.22. The van der Waals surface area contributed by atoms with E-state index in [0.29, 0.717) is 19.8 Å². The molecule has 1 aromatic rings. The third-order valence-electron chi connectivity index (χ3n) is 3.42. The minimum absolute atomic E-state index is 0.0131. The van der Waals surface area contributed by atoms with E-state index < -0.39 is 0 Å². The van der Waals surface area contributed by atoms with Gasteiger partial charge in [-0.05, 0) is 24.9 Å². The molecule has 0 saturated carbocycles. The van der Waals surface area contributed by atoms with Crippen LogP contribution in [0.5, 0.6) is 0 Å². The molecule has 1 heterocycles. The van der Waals surface area contributed by atoms with Crippen LogP contribution < -0.4 is 5.32 Å². The minimum atomic E-state index is 0.0131. The van der Waals surface area contributed by atoms with Crippen LogP contribution in [-0.2, 0) is 16.1 Å². The van der Waals surface area contributed by atoms with Crippen LogP contribution in [0.1, 0.15) is 18.4 Å². The zero-order valence-electron chi connectivity index (χ0n) is 11.5. The first-order valence-corrected chi connectivity index (χ1v) is 6.87. The van der Waals surface area contributed by atoms with Crippen LogP contribution in [0.15, 0.2) is 30.3 Å². The molecular weight excluding hydrogens is 240 g/mol. The third kappa shape index (κ3) is 4.33. The predicted octanol–water partition coefficient (Wildman–Crippen LogP) is 1.41. The van der Waals surface area contributed by atoms with Gasteiger partial charge in [0.05, 0.1) is 19.3 Å². The van der Waals surface area contributed by atoms with Crippen LogP contribution in [0.25, 0.3) is 0 Å². The van der Waals surface area contributed by atoms with Gasteiger partial charge in [0.2, 0.25) is 5.91 Å². The van der Waals surface area contributed by atoms with Crippen LogP contribution in [0, 0.1) is 0 Å². The van der Waals surface area contributed by atoms with E-state index in [1.807, 2.05) is 37.4 Å². The van der Waals surface area contributed by atoms with Gasteiger partial charge in [0, 0.05) is 13.6 Å². The maximum Gasteiger partial charge on any atom is 0.239 e. The Morgan fingerprint density at radius 3 is 2.89 bits per heavy atom. The highest BCUT2D eigenvalue weighted by Crippen LogP contribution is 2.07. The number of rotatable bonds is 6. The molecule has 1 atom stereocenters. The lowest BCUT2D eigenvalue weighted by molar-refractivity contribution is -0.132. The van der Waals surface area contributed by atoms with Crippen molar-refractivity contribution in [1.82, 2.24) is 10.2 Å². The highest BCUT2D eigenvalue weighted by Gasteiger charge is 2.24.